The van der Waals surface area contributed by atoms with Crippen molar-refractivity contribution >= 4 is 23.0 Å². The van der Waals surface area contributed by atoms with Gasteiger partial charge in [0, 0.05) is 26.2 Å². The van der Waals surface area contributed by atoms with Crippen molar-refractivity contribution in [2.45, 2.75) is 19.5 Å². The van der Waals surface area contributed by atoms with Crippen molar-refractivity contribution in [1.82, 2.24) is 20.1 Å². The summed E-state index contributed by atoms with van der Waals surface area (Å²) in [7, 11) is 3.32. The third-order valence-corrected chi connectivity index (χ3v) is 4.17. The van der Waals surface area contributed by atoms with Gasteiger partial charge in [0.05, 0.1) is 13.7 Å². The van der Waals surface area contributed by atoms with Crippen molar-refractivity contribution in [3.8, 4) is 5.75 Å². The molecule has 2 aromatic rings. The fourth-order valence-electron chi connectivity index (χ4n) is 2.70. The summed E-state index contributed by atoms with van der Waals surface area (Å²) in [5.41, 5.74) is 1.30. The Kier molecular flexibility index (Phi) is 4.28. The van der Waals surface area contributed by atoms with E-state index in [1.54, 1.807) is 44.2 Å². The third-order valence-electron chi connectivity index (χ3n) is 4.17. The predicted molar refractivity (Wildman–Crippen MR) is 86.6 cm³/mol. The first-order valence-electron chi connectivity index (χ1n) is 7.72. The Bertz CT molecular complexity index is 773. The quantitative estimate of drug-likeness (QED) is 0.913. The lowest BCUT2D eigenvalue weighted by Crippen LogP contribution is -2.58. The largest absolute Gasteiger partial charge is 0.497 e. The van der Waals surface area contributed by atoms with Gasteiger partial charge in [-0.1, -0.05) is 0 Å². The molecule has 1 aliphatic rings. The maximum atomic E-state index is 12.3. The minimum Gasteiger partial charge on any atom is -0.497 e. The molecule has 1 fully saturated rings. The van der Waals surface area contributed by atoms with Crippen LogP contribution in [0.3, 0.4) is 0 Å². The van der Waals surface area contributed by atoms with Crippen LogP contribution in [0.15, 0.2) is 22.6 Å². The average Bonchev–Trinajstić information content (AvgIpc) is 2.99. The number of nitrogens with one attached hydrogen (secondary N) is 1. The van der Waals surface area contributed by atoms with Gasteiger partial charge in [-0.05, 0) is 19.1 Å². The molecule has 24 heavy (non-hydrogen) atoms. The fraction of sp³-hybridized carbons (Fsp3) is 0.438. The van der Waals surface area contributed by atoms with E-state index in [-0.39, 0.29) is 18.5 Å². The second-order valence-corrected chi connectivity index (χ2v) is 5.73. The molecular weight excluding hydrogens is 312 g/mol. The normalized spacial score (nSPS) is 18.1. The number of benzene rings is 1. The van der Waals surface area contributed by atoms with E-state index in [2.05, 4.69) is 10.3 Å². The molecule has 0 unspecified atom stereocenters. The molecular formula is C16H20N4O4. The number of hydrogen-bond acceptors (Lipinski definition) is 5. The van der Waals surface area contributed by atoms with Crippen LogP contribution in [-0.2, 0) is 11.3 Å². The Hall–Kier alpha value is -2.77. The number of likely N-dealkylation sites (N-methyl/N-ethyl adjacent to an activating group) is 1. The van der Waals surface area contributed by atoms with E-state index in [0.717, 1.165) is 0 Å². The van der Waals surface area contributed by atoms with Crippen LogP contribution in [-0.4, -0.2) is 60.0 Å². The molecule has 0 radical (unpaired) electrons. The molecule has 2 heterocycles. The van der Waals surface area contributed by atoms with Crippen LogP contribution in [0.4, 0.5) is 4.79 Å². The molecule has 8 heteroatoms. The second kappa shape index (κ2) is 6.38. The SMILES string of the molecule is COc1ccc2oc(CNC(=O)N3CCN(C)C(=O)[C@H]3C)nc2c1. The van der Waals surface area contributed by atoms with E-state index < -0.39 is 6.04 Å². The van der Waals surface area contributed by atoms with Gasteiger partial charge in [0.25, 0.3) is 0 Å². The summed E-state index contributed by atoms with van der Waals surface area (Å²) in [6, 6.07) is 4.55. The van der Waals surface area contributed by atoms with E-state index in [0.29, 0.717) is 35.8 Å². The molecule has 3 amide bonds. The van der Waals surface area contributed by atoms with Crippen LogP contribution in [0.1, 0.15) is 12.8 Å². The van der Waals surface area contributed by atoms with E-state index >= 15 is 0 Å². The van der Waals surface area contributed by atoms with Gasteiger partial charge >= 0.3 is 6.03 Å². The van der Waals surface area contributed by atoms with E-state index in [4.69, 9.17) is 9.15 Å². The Morgan fingerprint density at radius 1 is 1.46 bits per heavy atom. The number of ether oxygens (including phenoxy) is 1. The molecule has 1 atom stereocenters. The van der Waals surface area contributed by atoms with Crippen LogP contribution in [0.5, 0.6) is 5.75 Å². The lowest BCUT2D eigenvalue weighted by molar-refractivity contribution is -0.137. The smallest absolute Gasteiger partial charge is 0.318 e. The molecule has 1 N–H and O–H groups in total. The highest BCUT2D eigenvalue weighted by molar-refractivity contribution is 5.87. The zero-order chi connectivity index (χ0) is 17.3. The molecule has 0 spiro atoms. The van der Waals surface area contributed by atoms with E-state index in [9.17, 15) is 9.59 Å². The van der Waals surface area contributed by atoms with Crippen molar-refractivity contribution in [3.05, 3.63) is 24.1 Å². The summed E-state index contributed by atoms with van der Waals surface area (Å²) in [4.78, 5) is 31.7. The van der Waals surface area contributed by atoms with Crippen molar-refractivity contribution in [2.24, 2.45) is 0 Å². The fourth-order valence-corrected chi connectivity index (χ4v) is 2.70. The number of aromatic nitrogens is 1. The minimum absolute atomic E-state index is 0.0645. The number of methoxy groups -OCH3 is 1. The Morgan fingerprint density at radius 3 is 3.00 bits per heavy atom. The summed E-state index contributed by atoms with van der Waals surface area (Å²) >= 11 is 0. The molecule has 1 aromatic carbocycles. The standard InChI is InChI=1S/C16H20N4O4/c1-10-15(21)19(2)6-7-20(10)16(22)17-9-14-18-12-8-11(23-3)4-5-13(12)24-14/h4-5,8,10H,6-7,9H2,1-3H3,(H,17,22)/t10-/m1/s1. The number of nitrogens with zero attached hydrogens (tertiary/aromatic N) is 3. The summed E-state index contributed by atoms with van der Waals surface area (Å²) in [6.07, 6.45) is 0. The first-order chi connectivity index (χ1) is 11.5. The van der Waals surface area contributed by atoms with Gasteiger partial charge in [-0.15, -0.1) is 0 Å². The topological polar surface area (TPSA) is 87.9 Å². The maximum Gasteiger partial charge on any atom is 0.318 e. The molecule has 1 aliphatic heterocycles. The molecule has 1 aromatic heterocycles. The van der Waals surface area contributed by atoms with Gasteiger partial charge in [0.2, 0.25) is 11.8 Å². The maximum absolute atomic E-state index is 12.3. The van der Waals surface area contributed by atoms with E-state index in [1.165, 1.54) is 4.90 Å². The molecule has 3 rings (SSSR count). The number of fused-ring (bicyclic) bond motifs is 1. The first-order valence-corrected chi connectivity index (χ1v) is 7.72. The first kappa shape index (κ1) is 16.1. The van der Waals surface area contributed by atoms with Crippen molar-refractivity contribution in [2.75, 3.05) is 27.2 Å². The number of amides is 3. The van der Waals surface area contributed by atoms with Gasteiger partial charge in [-0.3, -0.25) is 4.79 Å². The number of oxazole rings is 1. The zero-order valence-corrected chi connectivity index (χ0v) is 13.9. The Labute approximate surface area is 139 Å². The third kappa shape index (κ3) is 2.99. The lowest BCUT2D eigenvalue weighted by Gasteiger charge is -2.37. The lowest BCUT2D eigenvalue weighted by atomic mass is 10.2. The van der Waals surface area contributed by atoms with Crippen LogP contribution >= 0.6 is 0 Å². The number of urea groups is 1. The molecule has 1 saturated heterocycles. The summed E-state index contributed by atoms with van der Waals surface area (Å²) in [5.74, 6) is 1.03. The zero-order valence-electron chi connectivity index (χ0n) is 13.9. The molecule has 128 valence electrons. The molecule has 0 saturated carbocycles. The summed E-state index contributed by atoms with van der Waals surface area (Å²) in [6.45, 7) is 2.91. The van der Waals surface area contributed by atoms with Crippen molar-refractivity contribution in [1.29, 1.82) is 0 Å². The molecule has 0 aliphatic carbocycles. The molecule has 8 nitrogen and oxygen atoms in total. The van der Waals surface area contributed by atoms with Crippen LogP contribution in [0.2, 0.25) is 0 Å². The number of piperazine rings is 1. The van der Waals surface area contributed by atoms with Crippen LogP contribution < -0.4 is 10.1 Å². The van der Waals surface area contributed by atoms with Crippen LogP contribution in [0.25, 0.3) is 11.1 Å². The highest BCUT2D eigenvalue weighted by atomic mass is 16.5. The highest BCUT2D eigenvalue weighted by Crippen LogP contribution is 2.21. The minimum atomic E-state index is -0.475. The van der Waals surface area contributed by atoms with Gasteiger partial charge in [0.1, 0.15) is 17.3 Å². The monoisotopic (exact) mass is 332 g/mol. The average molecular weight is 332 g/mol. The van der Waals surface area contributed by atoms with Gasteiger partial charge < -0.3 is 24.3 Å². The van der Waals surface area contributed by atoms with Gasteiger partial charge in [-0.25, -0.2) is 9.78 Å². The van der Waals surface area contributed by atoms with E-state index in [1.807, 2.05) is 0 Å². The number of carbonyl (C=O) groups excluding carboxylic acids is 2. The summed E-state index contributed by atoms with van der Waals surface area (Å²) < 4.78 is 10.7. The van der Waals surface area contributed by atoms with Crippen LogP contribution in [0, 0.1) is 0 Å². The highest BCUT2D eigenvalue weighted by Gasteiger charge is 2.32. The van der Waals surface area contributed by atoms with Gasteiger partial charge in [-0.2, -0.15) is 0 Å². The predicted octanol–water partition coefficient (Wildman–Crippen LogP) is 1.21. The van der Waals surface area contributed by atoms with Gasteiger partial charge in [0.15, 0.2) is 5.58 Å². The van der Waals surface area contributed by atoms with Crippen molar-refractivity contribution < 1.29 is 18.7 Å². The Balaban J connectivity index is 1.65. The number of hydrogen-bond donors (Lipinski definition) is 1. The van der Waals surface area contributed by atoms with Crippen molar-refractivity contribution in [3.63, 3.8) is 0 Å². The molecule has 0 bridgehead atoms. The second-order valence-electron chi connectivity index (χ2n) is 5.73. The Morgan fingerprint density at radius 2 is 2.25 bits per heavy atom. The summed E-state index contributed by atoms with van der Waals surface area (Å²) in [5, 5.41) is 2.75. The number of rotatable bonds is 3. The number of carbonyl (C=O) groups is 2.